The standard InChI is InChI=1S/C70H136O17P2/c1-7-9-11-13-15-17-19-20-22-29-35-41-47-53-68(73)81-58-65(86-69(74)54-48-42-36-30-24-23-26-32-38-44-50-62(3)4)60-84-88(76,77)82-56-64(71)57-83-89(78,79)85-61-66(59-80-67(72)52-46-40-34-28-21-18-16-14-12-10-8-2)87-70(75)55-49-43-37-31-25-27-33-39-45-51-63(5)6/h62-66,71H,7-61H2,1-6H3,(H,76,77)(H,78,79)/t64-,65-,66-/m1/s1. The predicted octanol–water partition coefficient (Wildman–Crippen LogP) is 20.0. The van der Waals surface area contributed by atoms with Crippen molar-refractivity contribution in [1.29, 1.82) is 0 Å². The molecule has 0 aliphatic carbocycles. The van der Waals surface area contributed by atoms with Crippen molar-refractivity contribution in [3.8, 4) is 0 Å². The van der Waals surface area contributed by atoms with Crippen molar-refractivity contribution in [2.45, 2.75) is 374 Å². The van der Waals surface area contributed by atoms with Gasteiger partial charge in [0.05, 0.1) is 26.4 Å². The normalized spacial score (nSPS) is 14.1. The Morgan fingerprint density at radius 2 is 0.517 bits per heavy atom. The van der Waals surface area contributed by atoms with E-state index in [-0.39, 0.29) is 25.7 Å². The van der Waals surface area contributed by atoms with Gasteiger partial charge in [0, 0.05) is 25.7 Å². The molecule has 0 aromatic heterocycles. The van der Waals surface area contributed by atoms with Crippen molar-refractivity contribution in [2.24, 2.45) is 11.8 Å². The van der Waals surface area contributed by atoms with E-state index in [1.54, 1.807) is 0 Å². The maximum absolute atomic E-state index is 13.0. The number of rotatable bonds is 69. The van der Waals surface area contributed by atoms with Crippen molar-refractivity contribution in [1.82, 2.24) is 0 Å². The molecule has 3 N–H and O–H groups in total. The van der Waals surface area contributed by atoms with Gasteiger partial charge in [-0.1, -0.05) is 305 Å². The van der Waals surface area contributed by atoms with Crippen LogP contribution >= 0.6 is 15.6 Å². The summed E-state index contributed by atoms with van der Waals surface area (Å²) in [5, 5.41) is 10.6. The second-order valence-corrected chi connectivity index (χ2v) is 29.1. The lowest BCUT2D eigenvalue weighted by Gasteiger charge is -2.21. The third kappa shape index (κ3) is 64.6. The lowest BCUT2D eigenvalue weighted by molar-refractivity contribution is -0.161. The van der Waals surface area contributed by atoms with Crippen LogP contribution in [0.15, 0.2) is 0 Å². The average molecular weight is 1310 g/mol. The van der Waals surface area contributed by atoms with E-state index in [0.29, 0.717) is 25.7 Å². The van der Waals surface area contributed by atoms with E-state index >= 15 is 0 Å². The highest BCUT2D eigenvalue weighted by molar-refractivity contribution is 7.47. The molecule has 19 heteroatoms. The Bertz CT molecular complexity index is 1730. The van der Waals surface area contributed by atoms with Crippen molar-refractivity contribution in [2.75, 3.05) is 39.6 Å². The Hall–Kier alpha value is -1.94. The summed E-state index contributed by atoms with van der Waals surface area (Å²) in [6.07, 6.45) is 47.0. The first-order valence-electron chi connectivity index (χ1n) is 36.5. The third-order valence-electron chi connectivity index (χ3n) is 16.2. The summed E-state index contributed by atoms with van der Waals surface area (Å²) in [5.41, 5.74) is 0. The molecule has 17 nitrogen and oxygen atoms in total. The quantitative estimate of drug-likeness (QED) is 0.0222. The molecule has 0 aromatic carbocycles. The molecule has 0 aromatic rings. The molecular formula is C70H136O17P2. The van der Waals surface area contributed by atoms with Crippen molar-refractivity contribution < 1.29 is 80.2 Å². The summed E-state index contributed by atoms with van der Waals surface area (Å²) in [6.45, 7) is 9.52. The molecule has 5 atom stereocenters. The summed E-state index contributed by atoms with van der Waals surface area (Å²) >= 11 is 0. The van der Waals surface area contributed by atoms with Crippen LogP contribution in [0.4, 0.5) is 0 Å². The van der Waals surface area contributed by atoms with Crippen molar-refractivity contribution in [3.05, 3.63) is 0 Å². The number of carbonyl (C=O) groups excluding carboxylic acids is 4. The highest BCUT2D eigenvalue weighted by Gasteiger charge is 2.30. The molecule has 0 aliphatic heterocycles. The first-order valence-corrected chi connectivity index (χ1v) is 39.5. The van der Waals surface area contributed by atoms with Crippen LogP contribution in [-0.2, 0) is 65.4 Å². The van der Waals surface area contributed by atoms with E-state index in [2.05, 4.69) is 41.5 Å². The Balaban J connectivity index is 5.26. The number of phosphoric acid groups is 2. The lowest BCUT2D eigenvalue weighted by atomic mass is 10.0. The Morgan fingerprint density at radius 3 is 0.764 bits per heavy atom. The Kier molecular flexibility index (Phi) is 60.8. The zero-order valence-electron chi connectivity index (χ0n) is 57.7. The van der Waals surface area contributed by atoms with Crippen LogP contribution in [0.25, 0.3) is 0 Å². The number of aliphatic hydroxyl groups excluding tert-OH is 1. The van der Waals surface area contributed by atoms with E-state index in [4.69, 9.17) is 37.0 Å². The highest BCUT2D eigenvalue weighted by Crippen LogP contribution is 2.45. The maximum Gasteiger partial charge on any atom is 0.472 e. The van der Waals surface area contributed by atoms with Gasteiger partial charge < -0.3 is 33.8 Å². The minimum atomic E-state index is -4.95. The fourth-order valence-corrected chi connectivity index (χ4v) is 12.2. The van der Waals surface area contributed by atoms with Gasteiger partial charge in [-0.2, -0.15) is 0 Å². The van der Waals surface area contributed by atoms with Crippen LogP contribution in [0.2, 0.25) is 0 Å². The zero-order chi connectivity index (χ0) is 65.7. The van der Waals surface area contributed by atoms with E-state index in [1.807, 2.05) is 0 Å². The van der Waals surface area contributed by atoms with Crippen LogP contribution in [-0.4, -0.2) is 96.7 Å². The number of ether oxygens (including phenoxy) is 4. The van der Waals surface area contributed by atoms with Crippen LogP contribution in [0.3, 0.4) is 0 Å². The number of carbonyl (C=O) groups is 4. The van der Waals surface area contributed by atoms with Gasteiger partial charge in [0.1, 0.15) is 19.3 Å². The number of unbranched alkanes of at least 4 members (excludes halogenated alkanes) is 39. The Morgan fingerprint density at radius 1 is 0.303 bits per heavy atom. The van der Waals surface area contributed by atoms with E-state index < -0.39 is 97.5 Å². The van der Waals surface area contributed by atoms with Crippen LogP contribution in [0.5, 0.6) is 0 Å². The van der Waals surface area contributed by atoms with Crippen LogP contribution in [0.1, 0.15) is 356 Å². The molecule has 0 fully saturated rings. The summed E-state index contributed by atoms with van der Waals surface area (Å²) in [4.78, 5) is 72.5. The second kappa shape index (κ2) is 62.2. The van der Waals surface area contributed by atoms with E-state index in [9.17, 15) is 43.2 Å². The summed E-state index contributed by atoms with van der Waals surface area (Å²) in [5.74, 6) is -0.634. The second-order valence-electron chi connectivity index (χ2n) is 26.2. The molecule has 0 heterocycles. The average Bonchev–Trinajstić information content (AvgIpc) is 3.53. The molecule has 0 saturated heterocycles. The lowest BCUT2D eigenvalue weighted by Crippen LogP contribution is -2.30. The van der Waals surface area contributed by atoms with E-state index in [0.717, 1.165) is 102 Å². The summed E-state index contributed by atoms with van der Waals surface area (Å²) in [6, 6.07) is 0. The van der Waals surface area contributed by atoms with Gasteiger partial charge in [-0.15, -0.1) is 0 Å². The Labute approximate surface area is 543 Å². The van der Waals surface area contributed by atoms with Gasteiger partial charge in [-0.3, -0.25) is 37.3 Å². The van der Waals surface area contributed by atoms with Gasteiger partial charge in [-0.25, -0.2) is 9.13 Å². The molecular weight excluding hydrogens is 1170 g/mol. The molecule has 89 heavy (non-hydrogen) atoms. The molecule has 0 amide bonds. The molecule has 0 rings (SSSR count). The molecule has 0 saturated carbocycles. The van der Waals surface area contributed by atoms with Crippen molar-refractivity contribution in [3.63, 3.8) is 0 Å². The fraction of sp³-hybridized carbons (Fsp3) is 0.943. The predicted molar refractivity (Wildman–Crippen MR) is 358 cm³/mol. The highest BCUT2D eigenvalue weighted by atomic mass is 31.2. The number of hydrogen-bond donors (Lipinski definition) is 3. The molecule has 528 valence electrons. The zero-order valence-corrected chi connectivity index (χ0v) is 59.5. The van der Waals surface area contributed by atoms with Crippen LogP contribution in [0, 0.1) is 11.8 Å². The van der Waals surface area contributed by atoms with Gasteiger partial charge in [0.2, 0.25) is 0 Å². The number of phosphoric ester groups is 2. The van der Waals surface area contributed by atoms with Crippen molar-refractivity contribution >= 4 is 39.5 Å². The van der Waals surface area contributed by atoms with Crippen LogP contribution < -0.4 is 0 Å². The largest absolute Gasteiger partial charge is 0.472 e. The molecule has 0 radical (unpaired) electrons. The summed E-state index contributed by atoms with van der Waals surface area (Å²) < 4.78 is 68.3. The minimum absolute atomic E-state index is 0.105. The molecule has 0 spiro atoms. The molecule has 2 unspecified atom stereocenters. The smallest absolute Gasteiger partial charge is 0.462 e. The van der Waals surface area contributed by atoms with Gasteiger partial charge in [0.15, 0.2) is 12.2 Å². The third-order valence-corrected chi connectivity index (χ3v) is 18.1. The topological polar surface area (TPSA) is 237 Å². The number of esters is 4. The fourth-order valence-electron chi connectivity index (χ4n) is 10.6. The first-order chi connectivity index (χ1) is 42.9. The van der Waals surface area contributed by atoms with Gasteiger partial charge in [-0.05, 0) is 37.5 Å². The van der Waals surface area contributed by atoms with Gasteiger partial charge in [0.25, 0.3) is 0 Å². The number of hydrogen-bond acceptors (Lipinski definition) is 15. The molecule has 0 bridgehead atoms. The monoisotopic (exact) mass is 1310 g/mol. The minimum Gasteiger partial charge on any atom is -0.462 e. The van der Waals surface area contributed by atoms with Gasteiger partial charge >= 0.3 is 39.5 Å². The number of aliphatic hydroxyl groups is 1. The maximum atomic E-state index is 13.0. The first kappa shape index (κ1) is 87.1. The SMILES string of the molecule is CCCCCCCCCCCCCCCC(=O)OC[C@H](COP(=O)(O)OC[C@@H](O)COP(=O)(O)OC[C@@H](COC(=O)CCCCCCCCCCCCC)OC(=O)CCCCCCCCCCCC(C)C)OC(=O)CCCCCCCCCCCCC(C)C. The van der Waals surface area contributed by atoms with E-state index in [1.165, 1.54) is 173 Å². The molecule has 0 aliphatic rings. The summed E-state index contributed by atoms with van der Waals surface area (Å²) in [7, 11) is -9.90.